The maximum Gasteiger partial charge on any atom is 0.123 e. The van der Waals surface area contributed by atoms with Crippen molar-refractivity contribution in [3.05, 3.63) is 28.2 Å². The molecule has 84 valence electrons. The minimum atomic E-state index is 0.0226. The third kappa shape index (κ3) is 3.84. The van der Waals surface area contributed by atoms with Gasteiger partial charge >= 0.3 is 0 Å². The van der Waals surface area contributed by atoms with Crippen LogP contribution in [0.4, 0.5) is 0 Å². The highest BCUT2D eigenvalue weighted by atomic mass is 79.9. The molecule has 0 aromatic heterocycles. The summed E-state index contributed by atoms with van der Waals surface area (Å²) in [6, 6.07) is 6.03. The molecule has 0 saturated heterocycles. The lowest BCUT2D eigenvalue weighted by Gasteiger charge is -2.23. The first kappa shape index (κ1) is 12.5. The van der Waals surface area contributed by atoms with E-state index in [4.69, 9.17) is 10.5 Å². The Bertz CT molecular complexity index is 336. The third-order valence-electron chi connectivity index (χ3n) is 2.32. The summed E-state index contributed by atoms with van der Waals surface area (Å²) >= 11 is 3.43. The fourth-order valence-electron chi connectivity index (χ4n) is 1.06. The minimum Gasteiger partial charge on any atom is -0.493 e. The monoisotopic (exact) mass is 271 g/mol. The Labute approximate surface area is 99.9 Å². The van der Waals surface area contributed by atoms with E-state index in [0.717, 1.165) is 15.8 Å². The van der Waals surface area contributed by atoms with E-state index in [0.29, 0.717) is 13.2 Å². The van der Waals surface area contributed by atoms with E-state index in [-0.39, 0.29) is 5.41 Å². The summed E-state index contributed by atoms with van der Waals surface area (Å²) in [6.45, 7) is 7.50. The smallest absolute Gasteiger partial charge is 0.123 e. The molecule has 0 atom stereocenters. The molecule has 0 spiro atoms. The summed E-state index contributed by atoms with van der Waals surface area (Å²) < 4.78 is 6.80. The van der Waals surface area contributed by atoms with Crippen molar-refractivity contribution >= 4 is 15.9 Å². The number of ether oxygens (including phenoxy) is 1. The van der Waals surface area contributed by atoms with Crippen LogP contribution in [-0.2, 0) is 0 Å². The maximum absolute atomic E-state index is 5.76. The maximum atomic E-state index is 5.76. The molecule has 0 saturated carbocycles. The molecule has 0 bridgehead atoms. The van der Waals surface area contributed by atoms with Gasteiger partial charge in [-0.1, -0.05) is 35.8 Å². The second kappa shape index (κ2) is 4.99. The third-order valence-corrected chi connectivity index (χ3v) is 2.81. The van der Waals surface area contributed by atoms with E-state index in [2.05, 4.69) is 29.8 Å². The number of aryl methyl sites for hydroxylation is 1. The van der Waals surface area contributed by atoms with Crippen LogP contribution in [0, 0.1) is 12.3 Å². The van der Waals surface area contributed by atoms with Crippen molar-refractivity contribution in [3.8, 4) is 5.75 Å². The first-order chi connectivity index (χ1) is 6.94. The number of benzene rings is 1. The Kier molecular flexibility index (Phi) is 4.17. The predicted molar refractivity (Wildman–Crippen MR) is 67.2 cm³/mol. The molecule has 0 amide bonds. The molecule has 2 N–H and O–H groups in total. The van der Waals surface area contributed by atoms with Crippen LogP contribution in [0.1, 0.15) is 19.4 Å². The van der Waals surface area contributed by atoms with Crippen LogP contribution in [0.15, 0.2) is 22.7 Å². The largest absolute Gasteiger partial charge is 0.493 e. The Morgan fingerprint density at radius 3 is 2.67 bits per heavy atom. The van der Waals surface area contributed by atoms with E-state index < -0.39 is 0 Å². The van der Waals surface area contributed by atoms with Crippen LogP contribution in [0.5, 0.6) is 5.75 Å². The number of hydrogen-bond donors (Lipinski definition) is 1. The molecular weight excluding hydrogens is 254 g/mol. The summed E-state index contributed by atoms with van der Waals surface area (Å²) in [7, 11) is 0. The predicted octanol–water partition coefficient (Wildman–Crippen LogP) is 3.12. The van der Waals surface area contributed by atoms with Gasteiger partial charge in [-0.3, -0.25) is 0 Å². The Balaban J connectivity index is 2.69. The fraction of sp³-hybridized carbons (Fsp3) is 0.500. The number of halogens is 1. The lowest BCUT2D eigenvalue weighted by Crippen LogP contribution is -2.30. The highest BCUT2D eigenvalue weighted by Gasteiger charge is 2.16. The molecule has 15 heavy (non-hydrogen) atoms. The van der Waals surface area contributed by atoms with Crippen molar-refractivity contribution in [2.24, 2.45) is 11.1 Å². The number of nitrogens with two attached hydrogens (primary N) is 1. The van der Waals surface area contributed by atoms with Crippen LogP contribution in [0.25, 0.3) is 0 Å². The summed E-state index contributed by atoms with van der Waals surface area (Å²) in [5.74, 6) is 0.922. The lowest BCUT2D eigenvalue weighted by molar-refractivity contribution is 0.186. The van der Waals surface area contributed by atoms with E-state index in [1.54, 1.807) is 0 Å². The molecular formula is C12H18BrNO. The van der Waals surface area contributed by atoms with Crippen molar-refractivity contribution in [3.63, 3.8) is 0 Å². The number of rotatable bonds is 4. The molecule has 0 aliphatic carbocycles. The average Bonchev–Trinajstić information content (AvgIpc) is 2.20. The highest BCUT2D eigenvalue weighted by Crippen LogP contribution is 2.24. The van der Waals surface area contributed by atoms with E-state index in [1.165, 1.54) is 0 Å². The van der Waals surface area contributed by atoms with Gasteiger partial charge in [-0.05, 0) is 24.6 Å². The standard InChI is InChI=1S/C12H18BrNO/c1-9-4-5-10(13)6-11(9)15-8-12(2,3)7-14/h4-6H,7-8,14H2,1-3H3. The molecule has 1 aromatic carbocycles. The van der Waals surface area contributed by atoms with Crippen molar-refractivity contribution < 1.29 is 4.74 Å². The van der Waals surface area contributed by atoms with Crippen LogP contribution in [0.2, 0.25) is 0 Å². The lowest BCUT2D eigenvalue weighted by atomic mass is 9.95. The van der Waals surface area contributed by atoms with E-state index >= 15 is 0 Å². The van der Waals surface area contributed by atoms with Crippen LogP contribution < -0.4 is 10.5 Å². The highest BCUT2D eigenvalue weighted by molar-refractivity contribution is 9.10. The Hall–Kier alpha value is -0.540. The van der Waals surface area contributed by atoms with Crippen molar-refractivity contribution in [1.29, 1.82) is 0 Å². The molecule has 2 nitrogen and oxygen atoms in total. The summed E-state index contributed by atoms with van der Waals surface area (Å²) in [4.78, 5) is 0. The molecule has 1 rings (SSSR count). The van der Waals surface area contributed by atoms with E-state index in [1.807, 2.05) is 25.1 Å². The fourth-order valence-corrected chi connectivity index (χ4v) is 1.40. The molecule has 0 heterocycles. The Morgan fingerprint density at radius 1 is 1.40 bits per heavy atom. The first-order valence-corrected chi connectivity index (χ1v) is 5.83. The van der Waals surface area contributed by atoms with Gasteiger partial charge in [0.1, 0.15) is 5.75 Å². The van der Waals surface area contributed by atoms with Gasteiger partial charge in [-0.25, -0.2) is 0 Å². The molecule has 0 radical (unpaired) electrons. The van der Waals surface area contributed by atoms with Gasteiger partial charge in [0.2, 0.25) is 0 Å². The normalized spacial score (nSPS) is 11.5. The van der Waals surface area contributed by atoms with Crippen molar-refractivity contribution in [1.82, 2.24) is 0 Å². The van der Waals surface area contributed by atoms with Gasteiger partial charge in [-0.15, -0.1) is 0 Å². The van der Waals surface area contributed by atoms with Crippen LogP contribution in [-0.4, -0.2) is 13.2 Å². The molecule has 3 heteroatoms. The van der Waals surface area contributed by atoms with Gasteiger partial charge in [0, 0.05) is 16.4 Å². The Morgan fingerprint density at radius 2 is 2.07 bits per heavy atom. The summed E-state index contributed by atoms with van der Waals surface area (Å²) in [6.07, 6.45) is 0. The van der Waals surface area contributed by atoms with Crippen molar-refractivity contribution in [2.45, 2.75) is 20.8 Å². The number of hydrogen-bond acceptors (Lipinski definition) is 2. The quantitative estimate of drug-likeness (QED) is 0.914. The van der Waals surface area contributed by atoms with Gasteiger partial charge in [0.25, 0.3) is 0 Å². The summed E-state index contributed by atoms with van der Waals surface area (Å²) in [5, 5.41) is 0. The van der Waals surface area contributed by atoms with Gasteiger partial charge in [0.05, 0.1) is 6.61 Å². The zero-order valence-corrected chi connectivity index (χ0v) is 11.1. The summed E-state index contributed by atoms with van der Waals surface area (Å²) in [5.41, 5.74) is 6.82. The van der Waals surface area contributed by atoms with Crippen LogP contribution >= 0.6 is 15.9 Å². The first-order valence-electron chi connectivity index (χ1n) is 5.04. The van der Waals surface area contributed by atoms with Gasteiger partial charge in [-0.2, -0.15) is 0 Å². The second-order valence-corrected chi connectivity index (χ2v) is 5.48. The molecule has 1 aromatic rings. The van der Waals surface area contributed by atoms with Crippen LogP contribution in [0.3, 0.4) is 0 Å². The second-order valence-electron chi connectivity index (χ2n) is 4.57. The molecule has 0 aliphatic heterocycles. The molecule has 0 fully saturated rings. The molecule has 0 aliphatic rings. The topological polar surface area (TPSA) is 35.2 Å². The minimum absolute atomic E-state index is 0.0226. The van der Waals surface area contributed by atoms with Gasteiger partial charge < -0.3 is 10.5 Å². The zero-order valence-electron chi connectivity index (χ0n) is 9.51. The zero-order chi connectivity index (χ0) is 11.5. The SMILES string of the molecule is Cc1ccc(Br)cc1OCC(C)(C)CN. The average molecular weight is 272 g/mol. The van der Waals surface area contributed by atoms with E-state index in [9.17, 15) is 0 Å². The van der Waals surface area contributed by atoms with Crippen molar-refractivity contribution in [2.75, 3.05) is 13.2 Å². The van der Waals surface area contributed by atoms with Gasteiger partial charge in [0.15, 0.2) is 0 Å². The molecule has 0 unspecified atom stereocenters.